The number of halogens is 1. The van der Waals surface area contributed by atoms with Crippen molar-refractivity contribution in [3.8, 4) is 5.75 Å². The van der Waals surface area contributed by atoms with E-state index in [1.165, 1.54) is 29.5 Å². The summed E-state index contributed by atoms with van der Waals surface area (Å²) in [6, 6.07) is 4.12. The SMILES string of the molecule is Cc1csc(COc2ccc(F)cc2[C@H](C)O)n1. The lowest BCUT2D eigenvalue weighted by molar-refractivity contribution is 0.189. The zero-order chi connectivity index (χ0) is 13.1. The molecule has 0 aliphatic heterocycles. The van der Waals surface area contributed by atoms with Crippen molar-refractivity contribution in [1.29, 1.82) is 0 Å². The van der Waals surface area contributed by atoms with Crippen LogP contribution in [-0.2, 0) is 6.61 Å². The van der Waals surface area contributed by atoms with Gasteiger partial charge in [0.1, 0.15) is 23.2 Å². The largest absolute Gasteiger partial charge is 0.486 e. The first-order chi connectivity index (χ1) is 8.56. The molecule has 0 radical (unpaired) electrons. The van der Waals surface area contributed by atoms with Crippen molar-refractivity contribution in [2.45, 2.75) is 26.6 Å². The number of ether oxygens (including phenoxy) is 1. The van der Waals surface area contributed by atoms with Crippen molar-refractivity contribution in [2.75, 3.05) is 0 Å². The number of hydrogen-bond donors (Lipinski definition) is 1. The van der Waals surface area contributed by atoms with E-state index < -0.39 is 6.10 Å². The fourth-order valence-corrected chi connectivity index (χ4v) is 2.27. The summed E-state index contributed by atoms with van der Waals surface area (Å²) in [4.78, 5) is 4.27. The third kappa shape index (κ3) is 3.05. The number of aliphatic hydroxyl groups excluding tert-OH is 1. The number of hydrogen-bond acceptors (Lipinski definition) is 4. The normalized spacial score (nSPS) is 12.4. The Balaban J connectivity index is 2.13. The molecule has 96 valence electrons. The van der Waals surface area contributed by atoms with Gasteiger partial charge in [0.05, 0.1) is 6.10 Å². The molecule has 1 heterocycles. The van der Waals surface area contributed by atoms with E-state index in [1.54, 1.807) is 6.92 Å². The van der Waals surface area contributed by atoms with Crippen molar-refractivity contribution in [1.82, 2.24) is 4.98 Å². The number of aromatic nitrogens is 1. The molecule has 0 amide bonds. The van der Waals surface area contributed by atoms with Gasteiger partial charge in [0, 0.05) is 16.6 Å². The van der Waals surface area contributed by atoms with Gasteiger partial charge in [0.25, 0.3) is 0 Å². The lowest BCUT2D eigenvalue weighted by Crippen LogP contribution is -2.01. The van der Waals surface area contributed by atoms with Crippen LogP contribution in [-0.4, -0.2) is 10.1 Å². The maximum absolute atomic E-state index is 13.1. The van der Waals surface area contributed by atoms with Crippen molar-refractivity contribution >= 4 is 11.3 Å². The highest BCUT2D eigenvalue weighted by Crippen LogP contribution is 2.27. The Labute approximate surface area is 109 Å². The van der Waals surface area contributed by atoms with Gasteiger partial charge in [-0.3, -0.25) is 0 Å². The molecule has 0 aliphatic carbocycles. The van der Waals surface area contributed by atoms with Gasteiger partial charge < -0.3 is 9.84 Å². The minimum atomic E-state index is -0.770. The molecule has 0 saturated heterocycles. The zero-order valence-corrected chi connectivity index (χ0v) is 11.0. The lowest BCUT2D eigenvalue weighted by Gasteiger charge is -2.12. The zero-order valence-electron chi connectivity index (χ0n) is 10.2. The van der Waals surface area contributed by atoms with Crippen LogP contribution in [0.4, 0.5) is 4.39 Å². The standard InChI is InChI=1S/C13H14FNO2S/c1-8-7-18-13(15-8)6-17-12-4-3-10(14)5-11(12)9(2)16/h3-5,7,9,16H,6H2,1-2H3/t9-/m0/s1. The summed E-state index contributed by atoms with van der Waals surface area (Å²) in [5.41, 5.74) is 1.40. The summed E-state index contributed by atoms with van der Waals surface area (Å²) in [6.07, 6.45) is -0.770. The molecule has 0 fully saturated rings. The molecular weight excluding hydrogens is 253 g/mol. The molecule has 2 rings (SSSR count). The second-order valence-corrected chi connectivity index (χ2v) is 4.97. The number of nitrogens with zero attached hydrogens (tertiary/aromatic N) is 1. The Morgan fingerprint density at radius 3 is 2.89 bits per heavy atom. The highest BCUT2D eigenvalue weighted by Gasteiger charge is 2.11. The van der Waals surface area contributed by atoms with Crippen LogP contribution >= 0.6 is 11.3 Å². The summed E-state index contributed by atoms with van der Waals surface area (Å²) in [5, 5.41) is 12.4. The van der Waals surface area contributed by atoms with Crippen LogP contribution in [0.1, 0.15) is 29.3 Å². The van der Waals surface area contributed by atoms with Crippen LogP contribution < -0.4 is 4.74 Å². The van der Waals surface area contributed by atoms with E-state index in [-0.39, 0.29) is 5.82 Å². The van der Waals surface area contributed by atoms with Crippen molar-refractivity contribution in [2.24, 2.45) is 0 Å². The van der Waals surface area contributed by atoms with Gasteiger partial charge in [0.2, 0.25) is 0 Å². The minimum absolute atomic E-state index is 0.323. The summed E-state index contributed by atoms with van der Waals surface area (Å²) in [6.45, 7) is 3.82. The number of aryl methyl sites for hydroxylation is 1. The minimum Gasteiger partial charge on any atom is -0.486 e. The van der Waals surface area contributed by atoms with Gasteiger partial charge >= 0.3 is 0 Å². The van der Waals surface area contributed by atoms with Gasteiger partial charge in [-0.25, -0.2) is 9.37 Å². The van der Waals surface area contributed by atoms with Crippen molar-refractivity contribution < 1.29 is 14.2 Å². The third-order valence-electron chi connectivity index (χ3n) is 2.44. The van der Waals surface area contributed by atoms with E-state index in [9.17, 15) is 9.50 Å². The number of thiazole rings is 1. The molecule has 3 nitrogen and oxygen atoms in total. The number of benzene rings is 1. The van der Waals surface area contributed by atoms with E-state index >= 15 is 0 Å². The van der Waals surface area contributed by atoms with Gasteiger partial charge in [-0.1, -0.05) is 0 Å². The fraction of sp³-hybridized carbons (Fsp3) is 0.308. The Morgan fingerprint density at radius 1 is 1.50 bits per heavy atom. The summed E-state index contributed by atoms with van der Waals surface area (Å²) in [7, 11) is 0. The Kier molecular flexibility index (Phi) is 3.93. The Morgan fingerprint density at radius 2 is 2.28 bits per heavy atom. The molecule has 1 aromatic carbocycles. The molecule has 2 aromatic rings. The maximum Gasteiger partial charge on any atom is 0.140 e. The van der Waals surface area contributed by atoms with Gasteiger partial charge in [-0.2, -0.15) is 0 Å². The molecule has 1 aromatic heterocycles. The lowest BCUT2D eigenvalue weighted by atomic mass is 10.1. The average Bonchev–Trinajstić information content (AvgIpc) is 2.73. The topological polar surface area (TPSA) is 42.4 Å². The van der Waals surface area contributed by atoms with Gasteiger partial charge in [-0.05, 0) is 32.0 Å². The maximum atomic E-state index is 13.1. The van der Waals surface area contributed by atoms with E-state index in [4.69, 9.17) is 4.74 Å². The van der Waals surface area contributed by atoms with E-state index in [1.807, 2.05) is 12.3 Å². The first kappa shape index (κ1) is 13.0. The van der Waals surface area contributed by atoms with Crippen molar-refractivity contribution in [3.05, 3.63) is 45.7 Å². The van der Waals surface area contributed by atoms with E-state index in [2.05, 4.69) is 4.98 Å². The predicted octanol–water partition coefficient (Wildman–Crippen LogP) is 3.22. The molecule has 0 spiro atoms. The molecule has 0 aliphatic rings. The van der Waals surface area contributed by atoms with Gasteiger partial charge in [0.15, 0.2) is 0 Å². The first-order valence-electron chi connectivity index (χ1n) is 5.57. The molecular formula is C13H14FNO2S. The average molecular weight is 267 g/mol. The highest BCUT2D eigenvalue weighted by molar-refractivity contribution is 7.09. The molecule has 1 atom stereocenters. The Bertz CT molecular complexity index is 540. The summed E-state index contributed by atoms with van der Waals surface area (Å²) in [5.74, 6) is 0.0996. The molecule has 18 heavy (non-hydrogen) atoms. The fourth-order valence-electron chi connectivity index (χ4n) is 1.59. The van der Waals surface area contributed by atoms with Gasteiger partial charge in [-0.15, -0.1) is 11.3 Å². The third-order valence-corrected chi connectivity index (χ3v) is 3.38. The number of rotatable bonds is 4. The smallest absolute Gasteiger partial charge is 0.140 e. The van der Waals surface area contributed by atoms with Crippen LogP contribution in [0.3, 0.4) is 0 Å². The van der Waals surface area contributed by atoms with E-state index in [0.717, 1.165) is 10.7 Å². The Hall–Kier alpha value is -1.46. The molecule has 0 bridgehead atoms. The molecule has 5 heteroatoms. The first-order valence-corrected chi connectivity index (χ1v) is 6.45. The van der Waals surface area contributed by atoms with Crippen LogP contribution in [0.25, 0.3) is 0 Å². The highest BCUT2D eigenvalue weighted by atomic mass is 32.1. The second-order valence-electron chi connectivity index (χ2n) is 4.03. The van der Waals surface area contributed by atoms with Crippen molar-refractivity contribution in [3.63, 3.8) is 0 Å². The molecule has 0 unspecified atom stereocenters. The van der Waals surface area contributed by atoms with Crippen LogP contribution in [0.15, 0.2) is 23.6 Å². The molecule has 1 N–H and O–H groups in total. The van der Waals surface area contributed by atoms with Crippen LogP contribution in [0.2, 0.25) is 0 Å². The summed E-state index contributed by atoms with van der Waals surface area (Å²) >= 11 is 1.51. The van der Waals surface area contributed by atoms with E-state index in [0.29, 0.717) is 17.9 Å². The molecule has 0 saturated carbocycles. The monoisotopic (exact) mass is 267 g/mol. The van der Waals surface area contributed by atoms with Crippen LogP contribution in [0.5, 0.6) is 5.75 Å². The number of aliphatic hydroxyl groups is 1. The quantitative estimate of drug-likeness (QED) is 0.924. The summed E-state index contributed by atoms with van der Waals surface area (Å²) < 4.78 is 18.7. The second kappa shape index (κ2) is 5.46. The van der Waals surface area contributed by atoms with Crippen LogP contribution in [0, 0.1) is 12.7 Å². The predicted molar refractivity (Wildman–Crippen MR) is 68.2 cm³/mol.